The first-order chi connectivity index (χ1) is 24.6. The molecule has 0 heterocycles. The van der Waals surface area contributed by atoms with E-state index in [2.05, 4.69) is 99.9 Å². The van der Waals surface area contributed by atoms with E-state index in [1.807, 2.05) is 6.07 Å². The molecule has 4 heteroatoms. The highest BCUT2D eigenvalue weighted by atomic mass is 16.2. The summed E-state index contributed by atoms with van der Waals surface area (Å²) in [6.45, 7) is 13.4. The van der Waals surface area contributed by atoms with Crippen LogP contribution in [-0.2, 0) is 4.79 Å². The Kier molecular flexibility index (Phi) is 9.20. The fourth-order valence-electron chi connectivity index (χ4n) is 12.4. The van der Waals surface area contributed by atoms with E-state index in [-0.39, 0.29) is 23.1 Å². The van der Waals surface area contributed by atoms with Gasteiger partial charge in [0.1, 0.15) is 0 Å². The summed E-state index contributed by atoms with van der Waals surface area (Å²) in [6, 6.07) is 18.8. The van der Waals surface area contributed by atoms with Gasteiger partial charge in [-0.25, -0.2) is 0 Å². The molecule has 0 saturated heterocycles. The first-order valence-corrected chi connectivity index (χ1v) is 20.5. The van der Waals surface area contributed by atoms with E-state index < -0.39 is 0 Å². The lowest BCUT2D eigenvalue weighted by Gasteiger charge is -2.58. The third-order valence-electron chi connectivity index (χ3n) is 15.2. The summed E-state index contributed by atoms with van der Waals surface area (Å²) in [4.78, 5) is 26.9. The number of rotatable bonds is 10. The minimum atomic E-state index is -0.0877. The van der Waals surface area contributed by atoms with Crippen LogP contribution < -0.4 is 10.6 Å². The molecule has 270 valence electrons. The van der Waals surface area contributed by atoms with Crippen LogP contribution >= 0.6 is 0 Å². The number of hydrogen-bond acceptors (Lipinski definition) is 2. The quantitative estimate of drug-likeness (QED) is 0.0992. The van der Waals surface area contributed by atoms with Crippen molar-refractivity contribution in [2.24, 2.45) is 52.3 Å². The Labute approximate surface area is 305 Å². The maximum Gasteiger partial charge on any atom is 0.251 e. The van der Waals surface area contributed by atoms with Crippen LogP contribution in [0.4, 0.5) is 0 Å². The van der Waals surface area contributed by atoms with Crippen LogP contribution in [0.2, 0.25) is 0 Å². The summed E-state index contributed by atoms with van der Waals surface area (Å²) in [5.41, 5.74) is 3.01. The maximum absolute atomic E-state index is 13.5. The lowest BCUT2D eigenvalue weighted by atomic mass is 9.46. The highest BCUT2D eigenvalue weighted by molar-refractivity contribution is 6.26. The highest BCUT2D eigenvalue weighted by Gasteiger charge is 2.59. The molecule has 0 aromatic heterocycles. The second-order valence-corrected chi connectivity index (χ2v) is 18.2. The van der Waals surface area contributed by atoms with Crippen molar-refractivity contribution in [2.45, 2.75) is 105 Å². The van der Waals surface area contributed by atoms with Gasteiger partial charge in [0.2, 0.25) is 5.91 Å². The fraction of sp³-hybridized carbons (Fsp3) is 0.574. The molecule has 4 aromatic carbocycles. The molecule has 2 amide bonds. The van der Waals surface area contributed by atoms with Crippen molar-refractivity contribution in [2.75, 3.05) is 13.1 Å². The zero-order valence-electron chi connectivity index (χ0n) is 31.8. The van der Waals surface area contributed by atoms with Gasteiger partial charge in [-0.15, -0.1) is 0 Å². The van der Waals surface area contributed by atoms with Crippen LogP contribution in [0, 0.1) is 52.3 Å². The van der Waals surface area contributed by atoms with Gasteiger partial charge in [0.15, 0.2) is 0 Å². The van der Waals surface area contributed by atoms with Gasteiger partial charge in [0.25, 0.3) is 5.91 Å². The largest absolute Gasteiger partial charge is 0.354 e. The zero-order chi connectivity index (χ0) is 35.5. The minimum Gasteiger partial charge on any atom is -0.354 e. The van der Waals surface area contributed by atoms with Crippen LogP contribution in [0.1, 0.15) is 116 Å². The molecule has 3 fully saturated rings. The number of allylic oxidation sites excluding steroid dienone is 2. The second-order valence-electron chi connectivity index (χ2n) is 18.2. The third kappa shape index (κ3) is 5.97. The lowest BCUT2D eigenvalue weighted by molar-refractivity contribution is -0.126. The number of carbonyl (C=O) groups excluding carboxylic acids is 2. The molecule has 4 aliphatic carbocycles. The SMILES string of the molecule is CC(C)CCC[C@@H](C)[C@H]1CC[C@H]2[C@@H]3CC=C4C[C@@H](C(=O)NCCNC(=O)c5ccc6ccc7cccc8ccc5c6c78)CC[C@]4(C)[C@H]3CC[C@]12C. The molecule has 2 N–H and O–H groups in total. The number of hydrogen-bond donors (Lipinski definition) is 2. The van der Waals surface area contributed by atoms with Gasteiger partial charge >= 0.3 is 0 Å². The maximum atomic E-state index is 13.5. The molecule has 8 rings (SSSR count). The van der Waals surface area contributed by atoms with Gasteiger partial charge in [0.05, 0.1) is 0 Å². The molecule has 0 unspecified atom stereocenters. The standard InChI is InChI=1S/C47H60N2O2/c1-29(2)8-6-9-30(3)39-20-21-40-38-19-16-35-28-34(22-24-46(35,4)41(38)23-25-47(39,40)5)44(50)48-26-27-49-45(51)37-18-15-33-13-12-31-10-7-11-32-14-17-36(37)43(33)42(31)32/h7,10-18,29-30,34,38-41H,6,8-9,19-28H2,1-5H3,(H,48,50)(H,49,51)/t30-,34+,38+,39-,40+,41+,46+,47-/m1/s1. The van der Waals surface area contributed by atoms with Crippen LogP contribution in [0.5, 0.6) is 0 Å². The fourth-order valence-corrected chi connectivity index (χ4v) is 12.4. The van der Waals surface area contributed by atoms with E-state index in [0.29, 0.717) is 24.1 Å². The Bertz CT molecular complexity index is 1940. The Morgan fingerprint density at radius 1 is 0.784 bits per heavy atom. The van der Waals surface area contributed by atoms with E-state index in [1.54, 1.807) is 5.57 Å². The number of fused-ring (bicyclic) bond motifs is 5. The van der Waals surface area contributed by atoms with Crippen LogP contribution in [0.15, 0.2) is 66.2 Å². The van der Waals surface area contributed by atoms with Crippen molar-refractivity contribution in [1.29, 1.82) is 0 Å². The second kappa shape index (κ2) is 13.5. The van der Waals surface area contributed by atoms with Gasteiger partial charge < -0.3 is 10.6 Å². The van der Waals surface area contributed by atoms with E-state index in [1.165, 1.54) is 67.5 Å². The van der Waals surface area contributed by atoms with Crippen molar-refractivity contribution in [3.05, 3.63) is 71.8 Å². The molecule has 0 radical (unpaired) electrons. The van der Waals surface area contributed by atoms with Crippen molar-refractivity contribution < 1.29 is 9.59 Å². The predicted octanol–water partition coefficient (Wildman–Crippen LogP) is 11.1. The summed E-state index contributed by atoms with van der Waals surface area (Å²) < 4.78 is 0. The van der Waals surface area contributed by atoms with Gasteiger partial charge in [-0.1, -0.05) is 114 Å². The van der Waals surface area contributed by atoms with Gasteiger partial charge in [0, 0.05) is 24.6 Å². The average Bonchev–Trinajstić information content (AvgIpc) is 3.49. The van der Waals surface area contributed by atoms with E-state index >= 15 is 0 Å². The van der Waals surface area contributed by atoms with Crippen LogP contribution in [0.3, 0.4) is 0 Å². The first-order valence-electron chi connectivity index (χ1n) is 20.5. The van der Waals surface area contributed by atoms with Crippen molar-refractivity contribution >= 4 is 44.1 Å². The number of carbonyl (C=O) groups is 2. The normalized spacial score (nSPS) is 30.9. The number of benzene rings is 4. The number of nitrogens with one attached hydrogen (secondary N) is 2. The Balaban J connectivity index is 0.864. The number of amides is 2. The third-order valence-corrected chi connectivity index (χ3v) is 15.2. The molecule has 0 bridgehead atoms. The Morgan fingerprint density at radius 3 is 2.29 bits per heavy atom. The molecule has 51 heavy (non-hydrogen) atoms. The molecule has 4 aromatic rings. The van der Waals surface area contributed by atoms with Gasteiger partial charge in [-0.05, 0) is 136 Å². The van der Waals surface area contributed by atoms with Gasteiger partial charge in [-0.2, -0.15) is 0 Å². The Hall–Kier alpha value is -3.40. The van der Waals surface area contributed by atoms with Crippen LogP contribution in [-0.4, -0.2) is 24.9 Å². The predicted molar refractivity (Wildman–Crippen MR) is 212 cm³/mol. The molecule has 4 nitrogen and oxygen atoms in total. The minimum absolute atomic E-state index is 0.0329. The lowest BCUT2D eigenvalue weighted by Crippen LogP contribution is -2.51. The molecule has 3 saturated carbocycles. The molecular weight excluding hydrogens is 625 g/mol. The smallest absolute Gasteiger partial charge is 0.251 e. The van der Waals surface area contributed by atoms with E-state index in [9.17, 15) is 9.59 Å². The Morgan fingerprint density at radius 2 is 1.51 bits per heavy atom. The monoisotopic (exact) mass is 684 g/mol. The topological polar surface area (TPSA) is 58.2 Å². The summed E-state index contributed by atoms with van der Waals surface area (Å²) >= 11 is 0. The highest BCUT2D eigenvalue weighted by Crippen LogP contribution is 2.67. The zero-order valence-corrected chi connectivity index (χ0v) is 31.8. The first kappa shape index (κ1) is 34.7. The molecule has 8 atom stereocenters. The van der Waals surface area contributed by atoms with Crippen molar-refractivity contribution in [3.63, 3.8) is 0 Å². The molecule has 0 spiro atoms. The summed E-state index contributed by atoms with van der Waals surface area (Å²) in [5.74, 6) is 5.08. The van der Waals surface area contributed by atoms with E-state index in [0.717, 1.165) is 70.9 Å². The summed E-state index contributed by atoms with van der Waals surface area (Å²) in [6.07, 6.45) is 16.6. The summed E-state index contributed by atoms with van der Waals surface area (Å²) in [5, 5.41) is 13.2. The average molecular weight is 685 g/mol. The summed E-state index contributed by atoms with van der Waals surface area (Å²) in [7, 11) is 0. The molecular formula is C47H60N2O2. The van der Waals surface area contributed by atoms with E-state index in [4.69, 9.17) is 0 Å². The van der Waals surface area contributed by atoms with Gasteiger partial charge in [-0.3, -0.25) is 9.59 Å². The molecule has 4 aliphatic rings. The van der Waals surface area contributed by atoms with Crippen molar-refractivity contribution in [1.82, 2.24) is 10.6 Å². The van der Waals surface area contributed by atoms with Crippen LogP contribution in [0.25, 0.3) is 32.3 Å². The van der Waals surface area contributed by atoms with Crippen molar-refractivity contribution in [3.8, 4) is 0 Å². The molecule has 0 aliphatic heterocycles.